The van der Waals surface area contributed by atoms with Crippen molar-refractivity contribution in [3.05, 3.63) is 0 Å². The minimum atomic E-state index is 0. The van der Waals surface area contributed by atoms with E-state index < -0.39 is 0 Å². The minimum Gasteiger partial charge on any atom is -0.269 e. The zero-order valence-corrected chi connectivity index (χ0v) is 4.65. The van der Waals surface area contributed by atoms with Crippen LogP contribution in [0.3, 0.4) is 0 Å². The van der Waals surface area contributed by atoms with Crippen LogP contribution in [0.4, 0.5) is 4.72 Å². The molecule has 0 aromatic rings. The Morgan fingerprint density at radius 3 is 0.778 bits per heavy atom. The highest BCUT2D eigenvalue weighted by molar-refractivity contribution is 14.2. The first-order chi connectivity index (χ1) is 2.00. The van der Waals surface area contributed by atoms with Gasteiger partial charge < -0.3 is 0 Å². The van der Waals surface area contributed by atoms with Gasteiger partial charge >= 0.3 is 0 Å². The van der Waals surface area contributed by atoms with Crippen molar-refractivity contribution >= 4 is 28.9 Å². The van der Waals surface area contributed by atoms with Crippen LogP contribution >= 0.6 is 28.9 Å². The first-order valence-corrected chi connectivity index (χ1v) is 4.39. The molecule has 0 nitrogen and oxygen atoms in total. The Bertz CT molecular complexity index is 17.7. The summed E-state index contributed by atoms with van der Waals surface area (Å²) in [5.74, 6) is 0. The maximum Gasteiger partial charge on any atom is 0.269 e. The maximum atomic E-state index is 8.75. The van der Waals surface area contributed by atoms with E-state index in [4.69, 9.17) is 4.72 Å². The van der Waals surface area contributed by atoms with Crippen LogP contribution in [0, 0.1) is 0 Å². The van der Waals surface area contributed by atoms with Gasteiger partial charge in [-0.25, -0.2) is 0 Å². The van der Waals surface area contributed by atoms with Crippen molar-refractivity contribution in [3.8, 4) is 0 Å². The normalized spacial score (nSPS) is 1.44. The van der Waals surface area contributed by atoms with Gasteiger partial charge in [-0.15, -0.1) is 0 Å². The molecule has 0 rings (SSSR count). The molecule has 0 bridgehead atoms. The SMILES string of the molecule is C.C.C.C.C.C.PI.[3H]F. The lowest BCUT2D eigenvalue weighted by molar-refractivity contribution is 1.11. The van der Waals surface area contributed by atoms with Crippen molar-refractivity contribution in [1.82, 2.24) is 0 Å². The lowest BCUT2D eigenvalue weighted by atomic mass is 12.0. The van der Waals surface area contributed by atoms with Gasteiger partial charge in [0.15, 0.2) is 0 Å². The lowest BCUT2D eigenvalue weighted by Gasteiger charge is -1.07. The molecule has 3 heteroatoms. The molecule has 0 heterocycles. The monoisotopic (exact) mass is 278 g/mol. The van der Waals surface area contributed by atoms with Crippen LogP contribution in [-0.4, -0.2) is 1.45 Å². The molecule has 1 atom stereocenters. The molecule has 0 aliphatic rings. The zero-order valence-electron chi connectivity index (χ0n) is 2.33. The maximum absolute atomic E-state index is 8.75. The number of halogens is 2. The Morgan fingerprint density at radius 2 is 0.778 bits per heavy atom. The van der Waals surface area contributed by atoms with E-state index in [0.717, 1.165) is 0 Å². The second-order valence-corrected chi connectivity index (χ2v) is 0. The molecule has 0 radical (unpaired) electrons. The van der Waals surface area contributed by atoms with Gasteiger partial charge in [0.1, 0.15) is 0 Å². The molecule has 0 amide bonds. The van der Waals surface area contributed by atoms with Crippen molar-refractivity contribution < 1.29 is 4.72 Å². The number of rotatable bonds is 0. The largest absolute Gasteiger partial charge is 0.269 e. The zero-order chi connectivity index (χ0) is 4.00. The summed E-state index contributed by atoms with van der Waals surface area (Å²) >= 11 is 2.07. The van der Waals surface area contributed by atoms with E-state index in [-0.39, 0.29) is 44.6 Å². The summed E-state index contributed by atoms with van der Waals surface area (Å²) in [7, 11) is 0. The van der Waals surface area contributed by atoms with Crippen molar-refractivity contribution in [2.75, 3.05) is 0 Å². The second kappa shape index (κ2) is 501. The van der Waals surface area contributed by atoms with E-state index in [9.17, 15) is 0 Å². The quantitative estimate of drug-likeness (QED) is 0.423. The highest BCUT2D eigenvalue weighted by Gasteiger charge is 0.934. The van der Waals surface area contributed by atoms with Gasteiger partial charge in [-0.3, -0.25) is 4.72 Å². The molecule has 0 N–H and O–H groups in total. The summed E-state index contributed by atoms with van der Waals surface area (Å²) in [4.78, 5) is 0. The first kappa shape index (κ1) is 87.3. The molecular formula is C6H27FIP. The van der Waals surface area contributed by atoms with Crippen LogP contribution in [-0.2, 0) is 0 Å². The van der Waals surface area contributed by atoms with Gasteiger partial charge in [-0.2, -0.15) is 0 Å². The van der Waals surface area contributed by atoms with E-state index in [1.807, 2.05) is 0 Å². The van der Waals surface area contributed by atoms with Crippen molar-refractivity contribution in [2.45, 2.75) is 44.6 Å². The average Bonchev–Trinajstić information content (AvgIpc) is 1.50. The third-order valence-electron chi connectivity index (χ3n) is 0. The first-order valence-electron chi connectivity index (χ1n) is 0.596. The van der Waals surface area contributed by atoms with Crippen molar-refractivity contribution in [2.24, 2.45) is 0 Å². The fourth-order valence-electron chi connectivity index (χ4n) is 0. The summed E-state index contributed by atoms with van der Waals surface area (Å²) in [6, 6.07) is 0. The fraction of sp³-hybridized carbons (Fsp3) is 1.00. The fourth-order valence-corrected chi connectivity index (χ4v) is 0. The molecule has 0 aliphatic heterocycles. The molecule has 0 saturated carbocycles. The van der Waals surface area contributed by atoms with Gasteiger partial charge in [0.05, 0.1) is 0 Å². The Labute approximate surface area is 79.8 Å². The molecular weight excluding hydrogens is 249 g/mol. The second-order valence-electron chi connectivity index (χ2n) is 0. The van der Waals surface area contributed by atoms with Crippen LogP contribution in [0.15, 0.2) is 0 Å². The Balaban J connectivity index is -0.000000000833. The van der Waals surface area contributed by atoms with Gasteiger partial charge in [-0.1, -0.05) is 73.5 Å². The lowest BCUT2D eigenvalue weighted by Crippen LogP contribution is -0.127. The summed E-state index contributed by atoms with van der Waals surface area (Å²) in [5, 5.41) is 0. The molecule has 70 valence electrons. The van der Waals surface area contributed by atoms with Crippen molar-refractivity contribution in [3.63, 3.8) is 0 Å². The van der Waals surface area contributed by atoms with Gasteiger partial charge in [0.25, 0.3) is 1.45 Å². The van der Waals surface area contributed by atoms with E-state index in [1.54, 1.807) is 0 Å². The molecule has 0 saturated heterocycles. The molecule has 1 unspecified atom stereocenters. The summed E-state index contributed by atoms with van der Waals surface area (Å²) in [5.41, 5.74) is 0. The predicted octanol–water partition coefficient (Wildman–Crippen LogP) is 5.18. The Kier molecular flexibility index (Phi) is 4860. The summed E-state index contributed by atoms with van der Waals surface area (Å²) < 4.78 is 13.0. The van der Waals surface area contributed by atoms with Gasteiger partial charge in [-0.05, 0) is 0 Å². The van der Waals surface area contributed by atoms with E-state index >= 15 is 0 Å². The van der Waals surface area contributed by atoms with E-state index in [1.165, 1.54) is 0 Å². The van der Waals surface area contributed by atoms with Crippen molar-refractivity contribution in [1.29, 1.82) is 1.45 Å². The Morgan fingerprint density at radius 1 is 0.778 bits per heavy atom. The van der Waals surface area contributed by atoms with Gasteiger partial charge in [0, 0.05) is 0 Å². The minimum absolute atomic E-state index is 0. The molecule has 9 heavy (non-hydrogen) atoms. The molecule has 0 aliphatic carbocycles. The van der Waals surface area contributed by atoms with E-state index in [2.05, 4.69) is 30.4 Å². The topological polar surface area (TPSA) is 0 Å². The van der Waals surface area contributed by atoms with E-state index in [0.29, 0.717) is 0 Å². The standard InChI is InChI=1S/6CH4.FH.H2IP/c;;;;;;;1-2/h6*1H4;1H;2H2/i/hT. The highest BCUT2D eigenvalue weighted by atomic mass is 127. The number of hydrogen-bond donors (Lipinski definition) is 0. The number of hydrogen-bond acceptors (Lipinski definition) is 0. The Hall–Kier alpha value is 1.09. The van der Waals surface area contributed by atoms with Crippen LogP contribution in [0.1, 0.15) is 44.6 Å². The van der Waals surface area contributed by atoms with Crippen LogP contribution in [0.5, 0.6) is 0 Å². The smallest absolute Gasteiger partial charge is 0.269 e. The average molecular weight is 278 g/mol. The molecule has 0 spiro atoms. The van der Waals surface area contributed by atoms with Gasteiger partial charge in [0.2, 0.25) is 0 Å². The predicted molar refractivity (Wildman–Crippen MR) is 66.6 cm³/mol. The molecule has 0 fully saturated rings. The third kappa shape index (κ3) is 385. The van der Waals surface area contributed by atoms with Crippen LogP contribution in [0.2, 0.25) is 0 Å². The molecule has 0 aromatic carbocycles. The highest BCUT2D eigenvalue weighted by Crippen LogP contribution is 1.87. The van der Waals surface area contributed by atoms with Crippen LogP contribution in [0.25, 0.3) is 0 Å². The third-order valence-corrected chi connectivity index (χ3v) is 0. The van der Waals surface area contributed by atoms with Crippen LogP contribution < -0.4 is 0 Å². The molecule has 0 aromatic heterocycles. The summed E-state index contributed by atoms with van der Waals surface area (Å²) in [6.45, 7) is 2.39. The summed E-state index contributed by atoms with van der Waals surface area (Å²) in [6.07, 6.45) is 0.